The van der Waals surface area contributed by atoms with Crippen LogP contribution in [0.15, 0.2) is 30.3 Å². The Morgan fingerprint density at radius 3 is 2.81 bits per heavy atom. The van der Waals surface area contributed by atoms with E-state index in [1.165, 1.54) is 16.9 Å². The molecule has 1 aliphatic carbocycles. The first-order chi connectivity index (χ1) is 10.3. The first kappa shape index (κ1) is 14.1. The maximum absolute atomic E-state index is 12.2. The third kappa shape index (κ3) is 3.25. The first-order valence-corrected chi connectivity index (χ1v) is 7.94. The van der Waals surface area contributed by atoms with Crippen molar-refractivity contribution in [2.24, 2.45) is 5.73 Å². The normalized spacial score (nSPS) is 13.0. The number of thiophene rings is 1. The fourth-order valence-electron chi connectivity index (χ4n) is 2.44. The number of nitrogens with one attached hydrogen (secondary N) is 1. The van der Waals surface area contributed by atoms with Gasteiger partial charge in [-0.1, -0.05) is 0 Å². The van der Waals surface area contributed by atoms with Crippen LogP contribution in [0, 0.1) is 0 Å². The summed E-state index contributed by atoms with van der Waals surface area (Å²) in [4.78, 5) is 14.4. The molecule has 0 fully saturated rings. The third-order valence-electron chi connectivity index (χ3n) is 3.47. The topological polar surface area (TPSA) is 64.3 Å². The molecule has 21 heavy (non-hydrogen) atoms. The second-order valence-electron chi connectivity index (χ2n) is 5.03. The summed E-state index contributed by atoms with van der Waals surface area (Å²) in [7, 11) is 0. The van der Waals surface area contributed by atoms with E-state index in [9.17, 15) is 4.79 Å². The molecule has 4 nitrogen and oxygen atoms in total. The van der Waals surface area contributed by atoms with Crippen LogP contribution in [0.1, 0.15) is 26.5 Å². The molecule has 1 aromatic carbocycles. The quantitative estimate of drug-likeness (QED) is 0.892. The predicted molar refractivity (Wildman–Crippen MR) is 85.3 cm³/mol. The summed E-state index contributed by atoms with van der Waals surface area (Å²) in [6.45, 7) is 0.980. The van der Waals surface area contributed by atoms with Crippen molar-refractivity contribution in [3.63, 3.8) is 0 Å². The summed E-state index contributed by atoms with van der Waals surface area (Å²) in [5.74, 6) is 0.721. The van der Waals surface area contributed by atoms with Gasteiger partial charge in [-0.05, 0) is 55.2 Å². The number of nitrogens with two attached hydrogens (primary N) is 1. The molecule has 3 N–H and O–H groups in total. The minimum atomic E-state index is -0.0370. The van der Waals surface area contributed by atoms with Crippen LogP contribution in [0.25, 0.3) is 0 Å². The lowest BCUT2D eigenvalue weighted by Gasteiger charge is -2.07. The van der Waals surface area contributed by atoms with Crippen LogP contribution < -0.4 is 15.8 Å². The van der Waals surface area contributed by atoms with Crippen molar-refractivity contribution < 1.29 is 9.53 Å². The van der Waals surface area contributed by atoms with E-state index in [4.69, 9.17) is 10.5 Å². The zero-order chi connectivity index (χ0) is 14.7. The summed E-state index contributed by atoms with van der Waals surface area (Å²) < 4.78 is 5.41. The smallest absolute Gasteiger partial charge is 0.265 e. The Morgan fingerprint density at radius 2 is 2.10 bits per heavy atom. The number of benzene rings is 1. The number of aryl methyl sites for hydroxylation is 2. The van der Waals surface area contributed by atoms with Gasteiger partial charge in [-0.3, -0.25) is 4.79 Å². The minimum Gasteiger partial charge on any atom is -0.492 e. The van der Waals surface area contributed by atoms with Gasteiger partial charge in [0.15, 0.2) is 0 Å². The van der Waals surface area contributed by atoms with Crippen molar-refractivity contribution in [3.05, 3.63) is 45.6 Å². The molecule has 1 heterocycles. The molecule has 1 aliphatic rings. The van der Waals surface area contributed by atoms with E-state index >= 15 is 0 Å². The number of fused-ring (bicyclic) bond motifs is 1. The maximum Gasteiger partial charge on any atom is 0.265 e. The second kappa shape index (κ2) is 6.28. The molecule has 0 radical (unpaired) electrons. The van der Waals surface area contributed by atoms with Crippen LogP contribution in [0.4, 0.5) is 5.69 Å². The minimum absolute atomic E-state index is 0.0370. The van der Waals surface area contributed by atoms with Crippen molar-refractivity contribution in [3.8, 4) is 5.75 Å². The van der Waals surface area contributed by atoms with Crippen LogP contribution in [0.2, 0.25) is 0 Å². The van der Waals surface area contributed by atoms with Crippen molar-refractivity contribution in [1.82, 2.24) is 0 Å². The number of amides is 1. The summed E-state index contributed by atoms with van der Waals surface area (Å²) in [6.07, 6.45) is 3.43. The standard InChI is InChI=1S/C16H18N2O2S/c17-8-9-20-13-6-4-12(5-7-13)18-16(19)15-10-11-2-1-3-14(11)21-15/h4-7,10H,1-3,8-9,17H2,(H,18,19). The van der Waals surface area contributed by atoms with Gasteiger partial charge in [-0.15, -0.1) is 11.3 Å². The number of hydrogen-bond donors (Lipinski definition) is 2. The molecule has 1 amide bonds. The number of carbonyl (C=O) groups is 1. The molecule has 3 rings (SSSR count). The number of rotatable bonds is 5. The molecule has 0 unspecified atom stereocenters. The molecule has 5 heteroatoms. The SMILES string of the molecule is NCCOc1ccc(NC(=O)c2cc3c(s2)CCC3)cc1. The summed E-state index contributed by atoms with van der Waals surface area (Å²) in [6, 6.07) is 9.37. The van der Waals surface area contributed by atoms with Gasteiger partial charge >= 0.3 is 0 Å². The van der Waals surface area contributed by atoms with E-state index in [-0.39, 0.29) is 5.91 Å². The Hall–Kier alpha value is -1.85. The molecular formula is C16H18N2O2S. The summed E-state index contributed by atoms with van der Waals surface area (Å²) in [5.41, 5.74) is 7.50. The van der Waals surface area contributed by atoms with Gasteiger partial charge in [0, 0.05) is 17.1 Å². The number of anilines is 1. The number of hydrogen-bond acceptors (Lipinski definition) is 4. The molecular weight excluding hydrogens is 284 g/mol. The molecule has 110 valence electrons. The number of ether oxygens (including phenoxy) is 1. The molecule has 2 aromatic rings. The zero-order valence-corrected chi connectivity index (χ0v) is 12.5. The third-order valence-corrected chi connectivity index (χ3v) is 4.71. The van der Waals surface area contributed by atoms with Crippen molar-refractivity contribution >= 4 is 22.9 Å². The molecule has 0 atom stereocenters. The average molecular weight is 302 g/mol. The van der Waals surface area contributed by atoms with Gasteiger partial charge in [0.2, 0.25) is 0 Å². The van der Waals surface area contributed by atoms with Crippen LogP contribution in [-0.2, 0) is 12.8 Å². The molecule has 0 bridgehead atoms. The van der Waals surface area contributed by atoms with Gasteiger partial charge in [0.05, 0.1) is 4.88 Å². The fraction of sp³-hybridized carbons (Fsp3) is 0.312. The Morgan fingerprint density at radius 1 is 1.29 bits per heavy atom. The Kier molecular flexibility index (Phi) is 4.22. The maximum atomic E-state index is 12.2. The van der Waals surface area contributed by atoms with Crippen LogP contribution >= 0.6 is 11.3 Å². The predicted octanol–water partition coefficient (Wildman–Crippen LogP) is 2.83. The summed E-state index contributed by atoms with van der Waals surface area (Å²) >= 11 is 1.61. The first-order valence-electron chi connectivity index (χ1n) is 7.12. The Labute approximate surface area is 127 Å². The van der Waals surface area contributed by atoms with E-state index in [1.54, 1.807) is 11.3 Å². The van der Waals surface area contributed by atoms with Gasteiger partial charge in [0.1, 0.15) is 12.4 Å². The van der Waals surface area contributed by atoms with E-state index in [0.29, 0.717) is 13.2 Å². The molecule has 0 aliphatic heterocycles. The molecule has 0 saturated heterocycles. The Balaban J connectivity index is 1.63. The highest BCUT2D eigenvalue weighted by molar-refractivity contribution is 7.14. The molecule has 0 spiro atoms. The Bertz CT molecular complexity index is 613. The van der Waals surface area contributed by atoms with E-state index < -0.39 is 0 Å². The van der Waals surface area contributed by atoms with Crippen molar-refractivity contribution in [1.29, 1.82) is 0 Å². The molecule has 1 aromatic heterocycles. The van der Waals surface area contributed by atoms with Gasteiger partial charge in [0.25, 0.3) is 5.91 Å². The highest BCUT2D eigenvalue weighted by Crippen LogP contribution is 2.31. The van der Waals surface area contributed by atoms with E-state index in [2.05, 4.69) is 5.32 Å². The number of carbonyl (C=O) groups excluding carboxylic acids is 1. The lowest BCUT2D eigenvalue weighted by atomic mass is 10.2. The van der Waals surface area contributed by atoms with Crippen LogP contribution in [0.5, 0.6) is 5.75 Å². The average Bonchev–Trinajstić information content (AvgIpc) is 3.07. The van der Waals surface area contributed by atoms with E-state index in [1.807, 2.05) is 30.3 Å². The van der Waals surface area contributed by atoms with Crippen LogP contribution in [-0.4, -0.2) is 19.1 Å². The summed E-state index contributed by atoms with van der Waals surface area (Å²) in [5, 5.41) is 2.92. The van der Waals surface area contributed by atoms with Gasteiger partial charge in [-0.2, -0.15) is 0 Å². The highest BCUT2D eigenvalue weighted by Gasteiger charge is 2.18. The van der Waals surface area contributed by atoms with Crippen molar-refractivity contribution in [2.75, 3.05) is 18.5 Å². The van der Waals surface area contributed by atoms with Gasteiger partial charge in [-0.25, -0.2) is 0 Å². The van der Waals surface area contributed by atoms with Gasteiger partial charge < -0.3 is 15.8 Å². The fourth-order valence-corrected chi connectivity index (χ4v) is 3.59. The highest BCUT2D eigenvalue weighted by atomic mass is 32.1. The van der Waals surface area contributed by atoms with Crippen molar-refractivity contribution in [2.45, 2.75) is 19.3 Å². The zero-order valence-electron chi connectivity index (χ0n) is 11.7. The lowest BCUT2D eigenvalue weighted by Crippen LogP contribution is -2.11. The van der Waals surface area contributed by atoms with Crippen LogP contribution in [0.3, 0.4) is 0 Å². The largest absolute Gasteiger partial charge is 0.492 e. The second-order valence-corrected chi connectivity index (χ2v) is 6.17. The monoisotopic (exact) mass is 302 g/mol. The lowest BCUT2D eigenvalue weighted by molar-refractivity contribution is 0.103. The van der Waals surface area contributed by atoms with E-state index in [0.717, 1.165) is 29.2 Å². The molecule has 0 saturated carbocycles.